The first kappa shape index (κ1) is 9.96. The molecule has 0 saturated heterocycles. The summed E-state index contributed by atoms with van der Waals surface area (Å²) in [5.41, 5.74) is 0. The maximum atomic E-state index is 9.04. The van der Waals surface area contributed by atoms with E-state index >= 15 is 0 Å². The average Bonchev–Trinajstić information content (AvgIpc) is 2.48. The van der Waals surface area contributed by atoms with Crippen molar-refractivity contribution in [3.05, 3.63) is 0 Å². The van der Waals surface area contributed by atoms with Gasteiger partial charge in [-0.3, -0.25) is 0 Å². The Labute approximate surface area is 74.1 Å². The average molecular weight is 173 g/mol. The second-order valence-corrected chi connectivity index (χ2v) is 3.62. The maximum Gasteiger partial charge on any atom is 0.0636 e. The highest BCUT2D eigenvalue weighted by Crippen LogP contribution is 2.21. The molecule has 3 nitrogen and oxygen atoms in total. The molecule has 0 radical (unpaired) electrons. The molecule has 0 aromatic carbocycles. The lowest BCUT2D eigenvalue weighted by atomic mass is 10.2. The summed E-state index contributed by atoms with van der Waals surface area (Å²) in [6.07, 6.45) is 3.59. The fourth-order valence-electron chi connectivity index (χ4n) is 1.68. The van der Waals surface area contributed by atoms with Crippen LogP contribution in [-0.2, 0) is 4.74 Å². The molecule has 0 aliphatic heterocycles. The highest BCUT2D eigenvalue weighted by Gasteiger charge is 2.23. The molecule has 0 spiro atoms. The van der Waals surface area contributed by atoms with E-state index in [0.29, 0.717) is 18.7 Å². The van der Waals surface area contributed by atoms with Crippen molar-refractivity contribution in [3.8, 4) is 0 Å². The van der Waals surface area contributed by atoms with Gasteiger partial charge in [0, 0.05) is 19.7 Å². The number of hydrogen-bond donors (Lipinski definition) is 2. The van der Waals surface area contributed by atoms with Gasteiger partial charge in [0.25, 0.3) is 0 Å². The van der Waals surface area contributed by atoms with Crippen LogP contribution >= 0.6 is 0 Å². The first-order valence-corrected chi connectivity index (χ1v) is 4.66. The summed E-state index contributed by atoms with van der Waals surface area (Å²) >= 11 is 0. The van der Waals surface area contributed by atoms with Crippen molar-refractivity contribution in [2.45, 2.75) is 44.4 Å². The van der Waals surface area contributed by atoms with Crippen LogP contribution < -0.4 is 5.32 Å². The zero-order chi connectivity index (χ0) is 8.97. The molecule has 2 N–H and O–H groups in total. The van der Waals surface area contributed by atoms with E-state index in [4.69, 9.17) is 9.84 Å². The molecular formula is C9H19NO2. The summed E-state index contributed by atoms with van der Waals surface area (Å²) in [5, 5.41) is 12.4. The lowest BCUT2D eigenvalue weighted by Crippen LogP contribution is -2.33. The van der Waals surface area contributed by atoms with Crippen LogP contribution in [0.3, 0.4) is 0 Å². The largest absolute Gasteiger partial charge is 0.392 e. The van der Waals surface area contributed by atoms with Crippen molar-refractivity contribution in [2.75, 3.05) is 13.7 Å². The Morgan fingerprint density at radius 3 is 2.83 bits per heavy atom. The van der Waals surface area contributed by atoms with Gasteiger partial charge in [0.1, 0.15) is 0 Å². The molecule has 0 amide bonds. The number of ether oxygens (including phenoxy) is 1. The van der Waals surface area contributed by atoms with Crippen LogP contribution in [0.2, 0.25) is 0 Å². The van der Waals surface area contributed by atoms with Gasteiger partial charge in [-0.1, -0.05) is 0 Å². The molecule has 72 valence electrons. The Morgan fingerprint density at radius 1 is 1.58 bits per heavy atom. The van der Waals surface area contributed by atoms with Gasteiger partial charge in [0.15, 0.2) is 0 Å². The third-order valence-corrected chi connectivity index (χ3v) is 2.42. The molecule has 0 bridgehead atoms. The smallest absolute Gasteiger partial charge is 0.0636 e. The number of nitrogens with one attached hydrogen (secondary N) is 1. The number of hydrogen-bond acceptors (Lipinski definition) is 3. The lowest BCUT2D eigenvalue weighted by molar-refractivity contribution is 0.106. The normalized spacial score (nSPS) is 32.2. The van der Waals surface area contributed by atoms with E-state index in [-0.39, 0.29) is 6.10 Å². The zero-order valence-corrected chi connectivity index (χ0v) is 7.92. The van der Waals surface area contributed by atoms with Crippen molar-refractivity contribution in [1.82, 2.24) is 5.32 Å². The Bertz CT molecular complexity index is 128. The number of aliphatic hydroxyl groups excluding tert-OH is 1. The van der Waals surface area contributed by atoms with E-state index in [1.807, 2.05) is 0 Å². The summed E-state index contributed by atoms with van der Waals surface area (Å²) < 4.78 is 5.25. The summed E-state index contributed by atoms with van der Waals surface area (Å²) in [7, 11) is 1.77. The molecule has 1 rings (SSSR count). The highest BCUT2D eigenvalue weighted by atomic mass is 16.5. The van der Waals surface area contributed by atoms with E-state index in [2.05, 4.69) is 5.32 Å². The molecule has 3 unspecified atom stereocenters. The monoisotopic (exact) mass is 173 g/mol. The Hall–Kier alpha value is -0.120. The summed E-state index contributed by atoms with van der Waals surface area (Å²) in [6, 6.07) is 0.546. The van der Waals surface area contributed by atoms with Crippen LogP contribution in [0.5, 0.6) is 0 Å². The summed E-state index contributed by atoms with van der Waals surface area (Å²) in [6.45, 7) is 2.50. The predicted molar refractivity (Wildman–Crippen MR) is 48.1 cm³/mol. The van der Waals surface area contributed by atoms with Crippen LogP contribution in [0.25, 0.3) is 0 Å². The molecule has 3 heteroatoms. The number of aliphatic hydroxyl groups is 1. The van der Waals surface area contributed by atoms with Gasteiger partial charge >= 0.3 is 0 Å². The topological polar surface area (TPSA) is 41.5 Å². The van der Waals surface area contributed by atoms with Crippen molar-refractivity contribution in [3.63, 3.8) is 0 Å². The van der Waals surface area contributed by atoms with Crippen molar-refractivity contribution in [1.29, 1.82) is 0 Å². The van der Waals surface area contributed by atoms with Crippen molar-refractivity contribution >= 4 is 0 Å². The van der Waals surface area contributed by atoms with Gasteiger partial charge in [0.2, 0.25) is 0 Å². The van der Waals surface area contributed by atoms with Crippen molar-refractivity contribution < 1.29 is 9.84 Å². The van der Waals surface area contributed by atoms with E-state index in [1.54, 1.807) is 14.0 Å². The molecule has 1 aliphatic rings. The first-order chi connectivity index (χ1) is 5.72. The molecule has 1 fully saturated rings. The van der Waals surface area contributed by atoms with Crippen LogP contribution in [0, 0.1) is 0 Å². The second kappa shape index (κ2) is 4.80. The molecule has 3 atom stereocenters. The van der Waals surface area contributed by atoms with Crippen LogP contribution in [-0.4, -0.2) is 37.0 Å². The highest BCUT2D eigenvalue weighted by molar-refractivity contribution is 4.81. The maximum absolute atomic E-state index is 9.04. The number of rotatable bonds is 4. The molecule has 0 aromatic heterocycles. The third-order valence-electron chi connectivity index (χ3n) is 2.42. The van der Waals surface area contributed by atoms with Gasteiger partial charge in [0.05, 0.1) is 12.2 Å². The number of methoxy groups -OCH3 is 1. The minimum Gasteiger partial charge on any atom is -0.392 e. The SMILES string of the molecule is COC1CCC(NCC(C)O)C1. The third kappa shape index (κ3) is 3.09. The van der Waals surface area contributed by atoms with E-state index in [9.17, 15) is 0 Å². The minimum atomic E-state index is -0.244. The zero-order valence-electron chi connectivity index (χ0n) is 7.92. The molecule has 12 heavy (non-hydrogen) atoms. The molecule has 1 saturated carbocycles. The van der Waals surface area contributed by atoms with Crippen LogP contribution in [0.1, 0.15) is 26.2 Å². The van der Waals surface area contributed by atoms with Gasteiger partial charge in [-0.2, -0.15) is 0 Å². The predicted octanol–water partition coefficient (Wildman–Crippen LogP) is 0.524. The van der Waals surface area contributed by atoms with Gasteiger partial charge in [-0.25, -0.2) is 0 Å². The molecular weight excluding hydrogens is 154 g/mol. The Balaban J connectivity index is 2.11. The minimum absolute atomic E-state index is 0.244. The standard InChI is InChI=1S/C9H19NO2/c1-7(11)6-10-8-3-4-9(5-8)12-2/h7-11H,3-6H2,1-2H3. The fourth-order valence-corrected chi connectivity index (χ4v) is 1.68. The summed E-state index contributed by atoms with van der Waals surface area (Å²) in [5.74, 6) is 0. The van der Waals surface area contributed by atoms with Crippen LogP contribution in [0.4, 0.5) is 0 Å². The lowest BCUT2D eigenvalue weighted by Gasteiger charge is -2.13. The molecule has 1 aliphatic carbocycles. The van der Waals surface area contributed by atoms with Crippen molar-refractivity contribution in [2.24, 2.45) is 0 Å². The van der Waals surface area contributed by atoms with Gasteiger partial charge in [-0.15, -0.1) is 0 Å². The van der Waals surface area contributed by atoms with Crippen LogP contribution in [0.15, 0.2) is 0 Å². The second-order valence-electron chi connectivity index (χ2n) is 3.62. The summed E-state index contributed by atoms with van der Waals surface area (Å²) in [4.78, 5) is 0. The van der Waals surface area contributed by atoms with E-state index < -0.39 is 0 Å². The molecule has 0 heterocycles. The fraction of sp³-hybridized carbons (Fsp3) is 1.00. The van der Waals surface area contributed by atoms with E-state index in [1.165, 1.54) is 6.42 Å². The quantitative estimate of drug-likeness (QED) is 0.651. The Morgan fingerprint density at radius 2 is 2.33 bits per heavy atom. The van der Waals surface area contributed by atoms with Gasteiger partial charge < -0.3 is 15.2 Å². The first-order valence-electron chi connectivity index (χ1n) is 4.66. The van der Waals surface area contributed by atoms with Gasteiger partial charge in [-0.05, 0) is 26.2 Å². The Kier molecular flexibility index (Phi) is 3.98. The molecule has 0 aromatic rings. The van der Waals surface area contributed by atoms with E-state index in [0.717, 1.165) is 12.8 Å².